The lowest BCUT2D eigenvalue weighted by atomic mass is 9.85. The highest BCUT2D eigenvalue weighted by atomic mass is 32.2. The summed E-state index contributed by atoms with van der Waals surface area (Å²) < 4.78 is 42.0. The monoisotopic (exact) mass is 768 g/mol. The first-order valence-corrected chi connectivity index (χ1v) is 21.2. The van der Waals surface area contributed by atoms with Gasteiger partial charge in [0.15, 0.2) is 0 Å². The number of alkyl carbamates (subject to hydrolysis) is 1. The number of anilines is 1. The van der Waals surface area contributed by atoms with Gasteiger partial charge in [0, 0.05) is 61.9 Å². The number of aromatic nitrogens is 3. The Bertz CT molecular complexity index is 1860. The SMILES string of the molecule is CC[C@H](C)[C@@H](NC(=O)OC(C)(C)C)C(=O)OC1CCN(C(=O)C2CCC(Nc3nccc(-n4ccc5c(OCCCS(C)(=O)=O)cccc54)n3)CC2)CC1. The molecule has 3 heterocycles. The van der Waals surface area contributed by atoms with E-state index in [9.17, 15) is 22.8 Å². The number of amides is 2. The maximum absolute atomic E-state index is 13.5. The standard InChI is InChI=1S/C39H56N6O8S/c1-7-26(2)34(43-38(48)53-39(3,4)5)36(47)52-29-17-21-44(22-18-29)35(46)27-12-14-28(15-13-27)41-37-40-20-16-33(42-37)45-23-19-30-31(45)10-8-11-32(30)51-24-9-25-54(6,49)50/h8,10-11,16,19-20,23,26-29,34H,7,9,12-15,17-18,21-22,24-25H2,1-6H3,(H,43,48)(H,40,41,42)/t26-,27?,28?,34+/m0/s1. The number of likely N-dealkylation sites (tertiary alicyclic amines) is 1. The third-order valence-electron chi connectivity index (χ3n) is 10.1. The summed E-state index contributed by atoms with van der Waals surface area (Å²) in [5.74, 6) is 1.48. The molecule has 2 aromatic heterocycles. The van der Waals surface area contributed by atoms with E-state index in [0.717, 1.165) is 36.6 Å². The molecule has 1 aliphatic heterocycles. The molecule has 1 aliphatic carbocycles. The smallest absolute Gasteiger partial charge is 0.408 e. The van der Waals surface area contributed by atoms with E-state index < -0.39 is 33.5 Å². The van der Waals surface area contributed by atoms with E-state index in [-0.39, 0.29) is 35.6 Å². The summed E-state index contributed by atoms with van der Waals surface area (Å²) in [4.78, 5) is 50.2. The Morgan fingerprint density at radius 3 is 2.41 bits per heavy atom. The van der Waals surface area contributed by atoms with Crippen LogP contribution in [-0.4, -0.2) is 101 Å². The van der Waals surface area contributed by atoms with Gasteiger partial charge in [-0.05, 0) is 83.1 Å². The van der Waals surface area contributed by atoms with Crippen LogP contribution in [0.1, 0.15) is 86.0 Å². The third-order valence-corrected chi connectivity index (χ3v) is 11.1. The quantitative estimate of drug-likeness (QED) is 0.153. The van der Waals surface area contributed by atoms with Crippen molar-refractivity contribution in [2.24, 2.45) is 11.8 Å². The molecule has 2 N–H and O–H groups in total. The largest absolute Gasteiger partial charge is 0.493 e. The zero-order valence-corrected chi connectivity index (χ0v) is 33.2. The Morgan fingerprint density at radius 2 is 1.74 bits per heavy atom. The highest BCUT2D eigenvalue weighted by molar-refractivity contribution is 7.90. The second-order valence-corrected chi connectivity index (χ2v) is 17.9. The molecule has 1 aromatic carbocycles. The highest BCUT2D eigenvalue weighted by Crippen LogP contribution is 2.31. The minimum Gasteiger partial charge on any atom is -0.493 e. The topological polar surface area (TPSA) is 171 Å². The van der Waals surface area contributed by atoms with Gasteiger partial charge < -0.3 is 34.3 Å². The van der Waals surface area contributed by atoms with E-state index in [2.05, 4.69) is 15.6 Å². The molecule has 14 nitrogen and oxygen atoms in total. The lowest BCUT2D eigenvalue weighted by molar-refractivity contribution is -0.156. The number of ether oxygens (including phenoxy) is 3. The number of benzene rings is 1. The van der Waals surface area contributed by atoms with Crippen LogP contribution < -0.4 is 15.4 Å². The second-order valence-electron chi connectivity index (χ2n) is 15.6. The molecule has 15 heteroatoms. The van der Waals surface area contributed by atoms with Crippen molar-refractivity contribution in [1.29, 1.82) is 0 Å². The van der Waals surface area contributed by atoms with Crippen LogP contribution >= 0.6 is 0 Å². The summed E-state index contributed by atoms with van der Waals surface area (Å²) in [6.07, 6.45) is 9.26. The lowest BCUT2D eigenvalue weighted by Gasteiger charge is -2.36. The summed E-state index contributed by atoms with van der Waals surface area (Å²) in [6, 6.07) is 8.89. The Labute approximate surface area is 318 Å². The lowest BCUT2D eigenvalue weighted by Crippen LogP contribution is -2.50. The summed E-state index contributed by atoms with van der Waals surface area (Å²) in [7, 11) is -3.04. The molecule has 296 valence electrons. The van der Waals surface area contributed by atoms with Crippen molar-refractivity contribution in [3.63, 3.8) is 0 Å². The molecule has 2 aliphatic rings. The maximum Gasteiger partial charge on any atom is 0.408 e. The van der Waals surface area contributed by atoms with E-state index >= 15 is 0 Å². The first-order chi connectivity index (χ1) is 25.6. The van der Waals surface area contributed by atoms with Gasteiger partial charge in [-0.1, -0.05) is 26.3 Å². The average molecular weight is 769 g/mol. The number of esters is 1. The molecule has 5 rings (SSSR count). The molecule has 3 aromatic rings. The molecule has 0 bridgehead atoms. The van der Waals surface area contributed by atoms with Gasteiger partial charge in [0.1, 0.15) is 39.2 Å². The van der Waals surface area contributed by atoms with Crippen LogP contribution in [0.3, 0.4) is 0 Å². The normalized spacial score (nSPS) is 19.5. The highest BCUT2D eigenvalue weighted by Gasteiger charge is 2.35. The van der Waals surface area contributed by atoms with Crippen molar-refractivity contribution in [2.45, 2.75) is 110 Å². The van der Waals surface area contributed by atoms with Gasteiger partial charge >= 0.3 is 12.1 Å². The third kappa shape index (κ3) is 11.3. The van der Waals surface area contributed by atoms with E-state index in [0.29, 0.717) is 62.9 Å². The van der Waals surface area contributed by atoms with Crippen molar-refractivity contribution in [2.75, 3.05) is 37.0 Å². The van der Waals surface area contributed by atoms with Crippen LogP contribution in [0, 0.1) is 11.8 Å². The second kappa shape index (κ2) is 17.8. The molecule has 0 spiro atoms. The molecule has 2 atom stereocenters. The molecule has 2 fully saturated rings. The van der Waals surface area contributed by atoms with Crippen molar-refractivity contribution in [3.05, 3.63) is 42.7 Å². The van der Waals surface area contributed by atoms with Crippen LogP contribution in [0.25, 0.3) is 16.7 Å². The minimum absolute atomic E-state index is 0.0590. The van der Waals surface area contributed by atoms with Gasteiger partial charge in [-0.2, -0.15) is 4.98 Å². The predicted octanol–water partition coefficient (Wildman–Crippen LogP) is 5.68. The van der Waals surface area contributed by atoms with Gasteiger partial charge in [0.2, 0.25) is 11.9 Å². The van der Waals surface area contributed by atoms with E-state index in [1.165, 1.54) is 6.26 Å². The molecule has 54 heavy (non-hydrogen) atoms. The van der Waals surface area contributed by atoms with Gasteiger partial charge in [-0.25, -0.2) is 23.0 Å². The first-order valence-electron chi connectivity index (χ1n) is 19.1. The number of nitrogens with one attached hydrogen (secondary N) is 2. The number of fused-ring (bicyclic) bond motifs is 1. The summed E-state index contributed by atoms with van der Waals surface area (Å²) in [5, 5.41) is 7.08. The van der Waals surface area contributed by atoms with Gasteiger partial charge in [0.05, 0.1) is 17.9 Å². The molecule has 1 saturated carbocycles. The number of hydrogen-bond donors (Lipinski definition) is 2. The minimum atomic E-state index is -3.04. The van der Waals surface area contributed by atoms with Crippen LogP contribution in [0.15, 0.2) is 42.7 Å². The van der Waals surface area contributed by atoms with Crippen LogP contribution in [0.5, 0.6) is 5.75 Å². The molecule has 0 unspecified atom stereocenters. The fraction of sp³-hybridized carbons (Fsp3) is 0.615. The fourth-order valence-corrected chi connectivity index (χ4v) is 7.62. The Kier molecular flexibility index (Phi) is 13.5. The average Bonchev–Trinajstić information content (AvgIpc) is 3.56. The van der Waals surface area contributed by atoms with Crippen LogP contribution in [-0.2, 0) is 28.9 Å². The van der Waals surface area contributed by atoms with Crippen LogP contribution in [0.2, 0.25) is 0 Å². The molecular formula is C39H56N6O8S. The van der Waals surface area contributed by atoms with Crippen molar-refractivity contribution in [3.8, 4) is 11.6 Å². The Balaban J connectivity index is 1.08. The summed E-state index contributed by atoms with van der Waals surface area (Å²) in [6.45, 7) is 10.5. The number of rotatable bonds is 14. The fourth-order valence-electron chi connectivity index (χ4n) is 6.98. The van der Waals surface area contributed by atoms with Crippen molar-refractivity contribution in [1.82, 2.24) is 24.8 Å². The molecule has 2 amide bonds. The number of sulfone groups is 1. The summed E-state index contributed by atoms with van der Waals surface area (Å²) >= 11 is 0. The zero-order chi connectivity index (χ0) is 39.0. The van der Waals surface area contributed by atoms with Gasteiger partial charge in [-0.15, -0.1) is 0 Å². The number of piperidine rings is 1. The molecular weight excluding hydrogens is 713 g/mol. The van der Waals surface area contributed by atoms with E-state index in [1.807, 2.05) is 59.8 Å². The number of nitrogens with zero attached hydrogens (tertiary/aromatic N) is 4. The summed E-state index contributed by atoms with van der Waals surface area (Å²) in [5.41, 5.74) is 0.228. The number of carbonyl (C=O) groups excluding carboxylic acids is 3. The predicted molar refractivity (Wildman–Crippen MR) is 206 cm³/mol. The number of hydrogen-bond acceptors (Lipinski definition) is 11. The maximum atomic E-state index is 13.5. The van der Waals surface area contributed by atoms with Gasteiger partial charge in [0.25, 0.3) is 0 Å². The van der Waals surface area contributed by atoms with E-state index in [1.54, 1.807) is 27.0 Å². The Hall–Kier alpha value is -4.40. The molecule has 1 saturated heterocycles. The Morgan fingerprint density at radius 1 is 1.02 bits per heavy atom. The molecule has 0 radical (unpaired) electrons. The van der Waals surface area contributed by atoms with Crippen molar-refractivity contribution < 1.29 is 37.0 Å². The van der Waals surface area contributed by atoms with E-state index in [4.69, 9.17) is 19.2 Å². The first kappa shape index (κ1) is 40.8. The van der Waals surface area contributed by atoms with Gasteiger partial charge in [-0.3, -0.25) is 4.79 Å². The van der Waals surface area contributed by atoms with Crippen molar-refractivity contribution >= 4 is 44.7 Å². The number of carbonyl (C=O) groups is 3. The zero-order valence-electron chi connectivity index (χ0n) is 32.4. The van der Waals surface area contributed by atoms with Crippen LogP contribution in [0.4, 0.5) is 10.7 Å².